The molecule has 1 unspecified atom stereocenters. The molecule has 2 N–H and O–H groups in total. The van der Waals surface area contributed by atoms with Crippen LogP contribution < -0.4 is 4.57 Å². The first-order chi connectivity index (χ1) is 20.5. The summed E-state index contributed by atoms with van der Waals surface area (Å²) in [7, 11) is -4.62. The number of phenols is 2. The zero-order chi connectivity index (χ0) is 31.0. The fourth-order valence-electron chi connectivity index (χ4n) is 4.74. The molecule has 0 radical (unpaired) electrons. The molecular formula is C33H28BF4NO4. The van der Waals surface area contributed by atoms with Gasteiger partial charge in [0.2, 0.25) is 11.4 Å². The van der Waals surface area contributed by atoms with E-state index in [9.17, 15) is 32.3 Å². The van der Waals surface area contributed by atoms with Crippen LogP contribution in [0, 0.1) is 0 Å². The molecule has 0 amide bonds. The van der Waals surface area contributed by atoms with Gasteiger partial charge in [-0.05, 0) is 53.1 Å². The van der Waals surface area contributed by atoms with Crippen LogP contribution in [0.25, 0.3) is 33.6 Å². The Morgan fingerprint density at radius 3 is 1.53 bits per heavy atom. The molecule has 220 valence electrons. The molecular weight excluding hydrogens is 561 g/mol. The van der Waals surface area contributed by atoms with Crippen LogP contribution in [0.2, 0.25) is 0 Å². The lowest BCUT2D eigenvalue weighted by Gasteiger charge is -2.19. The van der Waals surface area contributed by atoms with Crippen LogP contribution in [0.4, 0.5) is 17.3 Å². The molecule has 5 aromatic rings. The van der Waals surface area contributed by atoms with Crippen LogP contribution in [0.15, 0.2) is 121 Å². The van der Waals surface area contributed by atoms with E-state index < -0.39 is 19.3 Å². The van der Waals surface area contributed by atoms with Crippen LogP contribution in [0.5, 0.6) is 11.5 Å². The summed E-state index contributed by atoms with van der Waals surface area (Å²) in [5.74, 6) is -0.857. The quantitative estimate of drug-likeness (QED) is 0.0673. The number of halogens is 4. The Morgan fingerprint density at radius 2 is 1.12 bits per heavy atom. The fraction of sp³-hybridized carbons (Fsp3) is 0.0909. The van der Waals surface area contributed by atoms with Gasteiger partial charge < -0.3 is 32.2 Å². The van der Waals surface area contributed by atoms with Crippen molar-refractivity contribution in [2.24, 2.45) is 0 Å². The maximum atomic E-state index is 13.4. The summed E-state index contributed by atoms with van der Waals surface area (Å²) >= 11 is 0. The van der Waals surface area contributed by atoms with Crippen molar-refractivity contribution in [3.05, 3.63) is 127 Å². The molecule has 0 aliphatic rings. The number of hydrogen-bond acceptors (Lipinski definition) is 4. The van der Waals surface area contributed by atoms with E-state index in [2.05, 4.69) is 24.3 Å². The number of methoxy groups -OCH3 is 1. The Labute approximate surface area is 246 Å². The summed E-state index contributed by atoms with van der Waals surface area (Å²) in [4.78, 5) is 13.4. The normalized spacial score (nSPS) is 11.7. The molecule has 1 heterocycles. The summed E-state index contributed by atoms with van der Waals surface area (Å²) < 4.78 is 46.3. The Morgan fingerprint density at radius 1 is 0.674 bits per heavy atom. The number of phenolic OH excluding ortho intramolecular Hbond substituents is 2. The minimum Gasteiger partial charge on any atom is -0.504 e. The van der Waals surface area contributed by atoms with Crippen molar-refractivity contribution in [3.8, 4) is 45.1 Å². The van der Waals surface area contributed by atoms with E-state index in [1.165, 1.54) is 19.2 Å². The molecule has 1 aromatic heterocycles. The number of benzene rings is 4. The highest BCUT2D eigenvalue weighted by Crippen LogP contribution is 2.32. The molecule has 0 bridgehead atoms. The maximum Gasteiger partial charge on any atom is 0.673 e. The van der Waals surface area contributed by atoms with Crippen LogP contribution in [0.1, 0.15) is 11.6 Å². The van der Waals surface area contributed by atoms with Crippen LogP contribution in [-0.2, 0) is 16.0 Å². The molecule has 0 spiro atoms. The first-order valence-electron chi connectivity index (χ1n) is 13.3. The van der Waals surface area contributed by atoms with Gasteiger partial charge in [-0.3, -0.25) is 0 Å². The van der Waals surface area contributed by atoms with E-state index in [-0.39, 0.29) is 17.9 Å². The van der Waals surface area contributed by atoms with Gasteiger partial charge in [0, 0.05) is 29.7 Å². The number of aromatic hydroxyl groups is 2. The molecule has 43 heavy (non-hydrogen) atoms. The van der Waals surface area contributed by atoms with E-state index in [0.717, 1.165) is 33.6 Å². The number of esters is 1. The summed E-state index contributed by atoms with van der Waals surface area (Å²) in [5.41, 5.74) is 6.37. The van der Waals surface area contributed by atoms with E-state index in [4.69, 9.17) is 4.74 Å². The van der Waals surface area contributed by atoms with Crippen molar-refractivity contribution in [3.63, 3.8) is 0 Å². The molecule has 0 saturated heterocycles. The van der Waals surface area contributed by atoms with Gasteiger partial charge in [-0.15, -0.1) is 0 Å². The van der Waals surface area contributed by atoms with Crippen LogP contribution in [0.3, 0.4) is 0 Å². The topological polar surface area (TPSA) is 70.6 Å². The van der Waals surface area contributed by atoms with Gasteiger partial charge in [0.25, 0.3) is 6.04 Å². The van der Waals surface area contributed by atoms with Crippen molar-refractivity contribution in [1.82, 2.24) is 0 Å². The number of carbonyl (C=O) groups excluding carboxylic acids is 1. The van der Waals surface area contributed by atoms with Gasteiger partial charge in [0.1, 0.15) is 0 Å². The highest BCUT2D eigenvalue weighted by atomic mass is 19.5. The summed E-state index contributed by atoms with van der Waals surface area (Å²) in [6.45, 7) is 0. The van der Waals surface area contributed by atoms with Crippen molar-refractivity contribution in [2.75, 3.05) is 7.11 Å². The lowest BCUT2D eigenvalue weighted by atomic mass is 9.96. The molecule has 10 heteroatoms. The highest BCUT2D eigenvalue weighted by molar-refractivity contribution is 6.50. The molecule has 0 aliphatic carbocycles. The standard InChI is InChI=1S/C33H27NO4.BF4/c1-38-33(37)30(19-23-17-18-31(35)32(36)20-23)34-28(25-13-7-3-8-14-25)21-27(24-11-5-2-6-12-24)22-29(34)26-15-9-4-10-16-26;2-1(3,4)5/h2-18,20-22,30H,19H2,1H3,(H-,35,36);/q;-1/p+1. The third-order valence-corrected chi connectivity index (χ3v) is 6.60. The highest BCUT2D eigenvalue weighted by Gasteiger charge is 2.36. The zero-order valence-corrected chi connectivity index (χ0v) is 23.1. The molecule has 5 nitrogen and oxygen atoms in total. The number of nitrogens with zero attached hydrogens (tertiary/aromatic N) is 1. The minimum atomic E-state index is -6.00. The minimum absolute atomic E-state index is 0.210. The molecule has 0 saturated carbocycles. The predicted octanol–water partition coefficient (Wildman–Crippen LogP) is 7.64. The lowest BCUT2D eigenvalue weighted by molar-refractivity contribution is -0.689. The summed E-state index contributed by atoms with van der Waals surface area (Å²) in [5, 5.41) is 20.0. The number of carbonyl (C=O) groups is 1. The smallest absolute Gasteiger partial charge is 0.504 e. The first-order valence-corrected chi connectivity index (χ1v) is 13.3. The Bertz CT molecular complexity index is 1600. The van der Waals surface area contributed by atoms with E-state index in [1.54, 1.807) is 6.07 Å². The van der Waals surface area contributed by atoms with Gasteiger partial charge in [0.15, 0.2) is 11.5 Å². The third-order valence-electron chi connectivity index (χ3n) is 6.60. The maximum absolute atomic E-state index is 13.4. The second kappa shape index (κ2) is 13.7. The van der Waals surface area contributed by atoms with Gasteiger partial charge in [-0.2, -0.15) is 4.57 Å². The van der Waals surface area contributed by atoms with Gasteiger partial charge >= 0.3 is 13.2 Å². The lowest BCUT2D eigenvalue weighted by Crippen LogP contribution is -2.49. The number of pyridine rings is 1. The van der Waals surface area contributed by atoms with Gasteiger partial charge in [0.05, 0.1) is 7.11 Å². The van der Waals surface area contributed by atoms with E-state index >= 15 is 0 Å². The monoisotopic (exact) mass is 589 g/mol. The van der Waals surface area contributed by atoms with E-state index in [1.807, 2.05) is 83.4 Å². The van der Waals surface area contributed by atoms with Crippen molar-refractivity contribution < 1.29 is 41.6 Å². The van der Waals surface area contributed by atoms with Crippen LogP contribution in [-0.4, -0.2) is 30.5 Å². The fourth-order valence-corrected chi connectivity index (χ4v) is 4.74. The molecule has 5 rings (SSSR count). The second-order valence-electron chi connectivity index (χ2n) is 9.54. The largest absolute Gasteiger partial charge is 0.673 e. The van der Waals surface area contributed by atoms with Gasteiger partial charge in [-0.1, -0.05) is 72.8 Å². The molecule has 4 aromatic carbocycles. The Kier molecular flexibility index (Phi) is 9.82. The van der Waals surface area contributed by atoms with Crippen molar-refractivity contribution in [2.45, 2.75) is 12.5 Å². The van der Waals surface area contributed by atoms with E-state index in [0.29, 0.717) is 5.56 Å². The van der Waals surface area contributed by atoms with Crippen molar-refractivity contribution in [1.29, 1.82) is 0 Å². The molecule has 1 atom stereocenters. The predicted molar refractivity (Wildman–Crippen MR) is 158 cm³/mol. The SMILES string of the molecule is COC(=O)C(Cc1ccc(O)c(O)c1)[n+]1c(-c2ccccc2)cc(-c2ccccc2)cc1-c1ccccc1.F[B-](F)(F)F. The number of rotatable bonds is 7. The Hall–Kier alpha value is -5.12. The summed E-state index contributed by atoms with van der Waals surface area (Å²) in [6, 6.07) is 38.1. The van der Waals surface area contributed by atoms with Gasteiger partial charge in [-0.25, -0.2) is 4.79 Å². The zero-order valence-electron chi connectivity index (χ0n) is 23.1. The van der Waals surface area contributed by atoms with Crippen molar-refractivity contribution >= 4 is 13.2 Å². The molecule has 0 aliphatic heterocycles. The number of hydrogen-bond donors (Lipinski definition) is 2. The van der Waals surface area contributed by atoms with Crippen LogP contribution >= 0.6 is 0 Å². The number of ether oxygens (including phenoxy) is 1. The first kappa shape index (κ1) is 30.8. The second-order valence-corrected chi connectivity index (χ2v) is 9.54. The molecule has 0 fully saturated rings. The average Bonchev–Trinajstić information content (AvgIpc) is 3.01. The third kappa shape index (κ3) is 8.22. The average molecular weight is 589 g/mol. The summed E-state index contributed by atoms with van der Waals surface area (Å²) in [6.07, 6.45) is 0.246. The Balaban J connectivity index is 0.000000782. The number of aromatic nitrogens is 1.